The van der Waals surface area contributed by atoms with Crippen LogP contribution in [-0.4, -0.2) is 18.7 Å². The first-order chi connectivity index (χ1) is 9.10. The number of benzene rings is 1. The molecule has 19 heavy (non-hydrogen) atoms. The minimum atomic E-state index is -0.0797. The third kappa shape index (κ3) is 3.38. The SMILES string of the molecule is CCC(N)CC(=O)NC(C)c1ccc2c(c1)OCO2. The number of fused-ring (bicyclic) bond motifs is 1. The first-order valence-electron chi connectivity index (χ1n) is 6.54. The van der Waals surface area contributed by atoms with Crippen LogP contribution in [0.4, 0.5) is 0 Å². The summed E-state index contributed by atoms with van der Waals surface area (Å²) in [7, 11) is 0. The zero-order valence-corrected chi connectivity index (χ0v) is 11.3. The Morgan fingerprint density at radius 1 is 1.42 bits per heavy atom. The fourth-order valence-electron chi connectivity index (χ4n) is 1.95. The van der Waals surface area contributed by atoms with Crippen LogP contribution in [0.25, 0.3) is 0 Å². The molecule has 5 heteroatoms. The lowest BCUT2D eigenvalue weighted by molar-refractivity contribution is -0.122. The Hall–Kier alpha value is -1.75. The highest BCUT2D eigenvalue weighted by Gasteiger charge is 2.17. The van der Waals surface area contributed by atoms with Gasteiger partial charge >= 0.3 is 0 Å². The average molecular weight is 264 g/mol. The maximum Gasteiger partial charge on any atom is 0.231 e. The molecule has 1 aromatic carbocycles. The van der Waals surface area contributed by atoms with Crippen molar-refractivity contribution in [2.45, 2.75) is 38.8 Å². The number of rotatable bonds is 5. The molecular weight excluding hydrogens is 244 g/mol. The van der Waals surface area contributed by atoms with Crippen LogP contribution in [0.2, 0.25) is 0 Å². The number of nitrogens with two attached hydrogens (primary N) is 1. The summed E-state index contributed by atoms with van der Waals surface area (Å²) in [4.78, 5) is 11.8. The van der Waals surface area contributed by atoms with E-state index in [2.05, 4.69) is 5.32 Å². The molecule has 0 bridgehead atoms. The van der Waals surface area contributed by atoms with Crippen molar-refractivity contribution >= 4 is 5.91 Å². The quantitative estimate of drug-likeness (QED) is 0.849. The van der Waals surface area contributed by atoms with Gasteiger partial charge in [0.1, 0.15) is 0 Å². The Bertz CT molecular complexity index is 462. The molecule has 0 saturated heterocycles. The number of carbonyl (C=O) groups is 1. The van der Waals surface area contributed by atoms with Crippen LogP contribution in [0.3, 0.4) is 0 Å². The van der Waals surface area contributed by atoms with Gasteiger partial charge in [-0.15, -0.1) is 0 Å². The molecule has 0 aliphatic carbocycles. The molecule has 0 spiro atoms. The molecule has 2 rings (SSSR count). The third-order valence-electron chi connectivity index (χ3n) is 3.25. The lowest BCUT2D eigenvalue weighted by atomic mass is 10.1. The second-order valence-electron chi connectivity index (χ2n) is 4.77. The molecular formula is C14H20N2O3. The predicted octanol–water partition coefficient (Wildman–Crippen LogP) is 1.72. The summed E-state index contributed by atoms with van der Waals surface area (Å²) in [6.07, 6.45) is 1.15. The minimum absolute atomic E-state index is 0.0282. The van der Waals surface area contributed by atoms with E-state index in [0.29, 0.717) is 6.42 Å². The summed E-state index contributed by atoms with van der Waals surface area (Å²) in [6.45, 7) is 4.16. The van der Waals surface area contributed by atoms with Gasteiger partial charge in [-0.1, -0.05) is 13.0 Å². The van der Waals surface area contributed by atoms with Crippen molar-refractivity contribution in [2.75, 3.05) is 6.79 Å². The number of nitrogens with one attached hydrogen (secondary N) is 1. The number of ether oxygens (including phenoxy) is 2. The van der Waals surface area contributed by atoms with Gasteiger partial charge in [-0.25, -0.2) is 0 Å². The molecule has 0 fully saturated rings. The molecule has 0 aromatic heterocycles. The van der Waals surface area contributed by atoms with Crippen molar-refractivity contribution < 1.29 is 14.3 Å². The number of carbonyl (C=O) groups excluding carboxylic acids is 1. The number of amides is 1. The third-order valence-corrected chi connectivity index (χ3v) is 3.25. The molecule has 5 nitrogen and oxygen atoms in total. The average Bonchev–Trinajstić information content (AvgIpc) is 2.85. The minimum Gasteiger partial charge on any atom is -0.454 e. The fraction of sp³-hybridized carbons (Fsp3) is 0.500. The maximum atomic E-state index is 11.8. The zero-order chi connectivity index (χ0) is 13.8. The van der Waals surface area contributed by atoms with Crippen LogP contribution in [0.5, 0.6) is 11.5 Å². The van der Waals surface area contributed by atoms with Gasteiger partial charge in [0.15, 0.2) is 11.5 Å². The molecule has 1 heterocycles. The van der Waals surface area contributed by atoms with Gasteiger partial charge < -0.3 is 20.5 Å². The summed E-state index contributed by atoms with van der Waals surface area (Å²) >= 11 is 0. The van der Waals surface area contributed by atoms with Gasteiger partial charge in [0.25, 0.3) is 0 Å². The topological polar surface area (TPSA) is 73.6 Å². The molecule has 1 amide bonds. The Balaban J connectivity index is 1.96. The molecule has 2 atom stereocenters. The molecule has 0 radical (unpaired) electrons. The Labute approximate surface area is 113 Å². The highest BCUT2D eigenvalue weighted by molar-refractivity contribution is 5.77. The van der Waals surface area contributed by atoms with Crippen LogP contribution in [0.1, 0.15) is 38.3 Å². The van der Waals surface area contributed by atoms with Gasteiger partial charge in [0.05, 0.1) is 6.04 Å². The van der Waals surface area contributed by atoms with Crippen molar-refractivity contribution in [3.63, 3.8) is 0 Å². The smallest absolute Gasteiger partial charge is 0.231 e. The largest absolute Gasteiger partial charge is 0.454 e. The van der Waals surface area contributed by atoms with Crippen molar-refractivity contribution in [3.8, 4) is 11.5 Å². The molecule has 104 valence electrons. The summed E-state index contributed by atoms with van der Waals surface area (Å²) in [6, 6.07) is 5.53. The molecule has 2 unspecified atom stereocenters. The van der Waals surface area contributed by atoms with Gasteiger partial charge in [-0.3, -0.25) is 4.79 Å². The first kappa shape index (κ1) is 13.7. The molecule has 1 aliphatic heterocycles. The summed E-state index contributed by atoms with van der Waals surface area (Å²) in [5.41, 5.74) is 6.75. The fourth-order valence-corrected chi connectivity index (χ4v) is 1.95. The Morgan fingerprint density at radius 2 is 2.16 bits per heavy atom. The van der Waals surface area contributed by atoms with E-state index in [4.69, 9.17) is 15.2 Å². The van der Waals surface area contributed by atoms with Crippen molar-refractivity contribution in [1.29, 1.82) is 0 Å². The van der Waals surface area contributed by atoms with Gasteiger partial charge in [-0.2, -0.15) is 0 Å². The monoisotopic (exact) mass is 264 g/mol. The molecule has 0 saturated carbocycles. The van der Waals surface area contributed by atoms with E-state index in [9.17, 15) is 4.79 Å². The summed E-state index contributed by atoms with van der Waals surface area (Å²) < 4.78 is 10.6. The van der Waals surface area contributed by atoms with Gasteiger partial charge in [-0.05, 0) is 31.0 Å². The van der Waals surface area contributed by atoms with Crippen LogP contribution < -0.4 is 20.5 Å². The summed E-state index contributed by atoms with van der Waals surface area (Å²) in [5, 5.41) is 2.94. The highest BCUT2D eigenvalue weighted by atomic mass is 16.7. The van der Waals surface area contributed by atoms with E-state index >= 15 is 0 Å². The van der Waals surface area contributed by atoms with Crippen molar-refractivity contribution in [2.24, 2.45) is 5.73 Å². The summed E-state index contributed by atoms with van der Waals surface area (Å²) in [5.74, 6) is 1.44. The molecule has 1 aliphatic rings. The van der Waals surface area contributed by atoms with Crippen LogP contribution >= 0.6 is 0 Å². The second-order valence-corrected chi connectivity index (χ2v) is 4.77. The highest BCUT2D eigenvalue weighted by Crippen LogP contribution is 2.34. The Kier molecular flexibility index (Phi) is 4.27. The number of hydrogen-bond acceptors (Lipinski definition) is 4. The van der Waals surface area contributed by atoms with E-state index in [1.165, 1.54) is 0 Å². The lowest BCUT2D eigenvalue weighted by Crippen LogP contribution is -2.32. The van der Waals surface area contributed by atoms with Gasteiger partial charge in [0.2, 0.25) is 12.7 Å². The second kappa shape index (κ2) is 5.93. The van der Waals surface area contributed by atoms with E-state index in [-0.39, 0.29) is 24.8 Å². The normalized spacial score (nSPS) is 15.9. The lowest BCUT2D eigenvalue weighted by Gasteiger charge is -2.16. The van der Waals surface area contributed by atoms with E-state index < -0.39 is 0 Å². The van der Waals surface area contributed by atoms with Crippen molar-refractivity contribution in [3.05, 3.63) is 23.8 Å². The van der Waals surface area contributed by atoms with Crippen molar-refractivity contribution in [1.82, 2.24) is 5.32 Å². The van der Waals surface area contributed by atoms with E-state index in [1.54, 1.807) is 0 Å². The van der Waals surface area contributed by atoms with E-state index in [0.717, 1.165) is 23.5 Å². The van der Waals surface area contributed by atoms with Gasteiger partial charge in [0, 0.05) is 12.5 Å². The zero-order valence-electron chi connectivity index (χ0n) is 11.3. The standard InChI is InChI=1S/C14H20N2O3/c1-3-11(15)7-14(17)16-9(2)10-4-5-12-13(6-10)19-8-18-12/h4-6,9,11H,3,7-8,15H2,1-2H3,(H,16,17). The Morgan fingerprint density at radius 3 is 2.89 bits per heavy atom. The van der Waals surface area contributed by atoms with Crippen LogP contribution in [0, 0.1) is 0 Å². The van der Waals surface area contributed by atoms with Crippen LogP contribution in [0.15, 0.2) is 18.2 Å². The number of hydrogen-bond donors (Lipinski definition) is 2. The first-order valence-corrected chi connectivity index (χ1v) is 6.54. The predicted molar refractivity (Wildman–Crippen MR) is 72.0 cm³/mol. The maximum absolute atomic E-state index is 11.8. The van der Waals surface area contributed by atoms with Crippen LogP contribution in [-0.2, 0) is 4.79 Å². The molecule has 1 aromatic rings. The van der Waals surface area contributed by atoms with E-state index in [1.807, 2.05) is 32.0 Å². The molecule has 3 N–H and O–H groups in total.